The fourth-order valence-electron chi connectivity index (χ4n) is 2.60. The summed E-state index contributed by atoms with van der Waals surface area (Å²) in [5.41, 5.74) is 4.50. The topological polar surface area (TPSA) is 42.7 Å². The second kappa shape index (κ2) is 5.66. The van der Waals surface area contributed by atoms with Gasteiger partial charge in [0.1, 0.15) is 5.82 Å². The van der Waals surface area contributed by atoms with E-state index in [1.54, 1.807) is 0 Å². The standard InChI is InChI=1S/C17H20N4/c1-12-7-6-10-18-15(12)11-19-13(2)17-20-14-8-4-5-9-16(14)21(17)3/h4-10,13,19H,11H2,1-3H3. The van der Waals surface area contributed by atoms with Crippen molar-refractivity contribution in [1.29, 1.82) is 0 Å². The molecule has 0 aliphatic heterocycles. The highest BCUT2D eigenvalue weighted by Gasteiger charge is 2.14. The Hall–Kier alpha value is -2.20. The lowest BCUT2D eigenvalue weighted by Crippen LogP contribution is -2.22. The number of nitrogens with zero attached hydrogens (tertiary/aromatic N) is 3. The van der Waals surface area contributed by atoms with Gasteiger partial charge in [0, 0.05) is 19.8 Å². The summed E-state index contributed by atoms with van der Waals surface area (Å²) in [6, 6.07) is 12.4. The average Bonchev–Trinajstić information content (AvgIpc) is 2.84. The lowest BCUT2D eigenvalue weighted by Gasteiger charge is -2.14. The third kappa shape index (κ3) is 2.67. The number of pyridine rings is 1. The zero-order chi connectivity index (χ0) is 14.8. The third-order valence-corrected chi connectivity index (χ3v) is 3.90. The molecule has 0 fully saturated rings. The molecule has 0 aliphatic rings. The number of rotatable bonds is 4. The fourth-order valence-corrected chi connectivity index (χ4v) is 2.60. The number of aromatic nitrogens is 3. The van der Waals surface area contributed by atoms with E-state index in [1.807, 2.05) is 24.4 Å². The molecule has 0 aliphatic carbocycles. The smallest absolute Gasteiger partial charge is 0.126 e. The van der Waals surface area contributed by atoms with Gasteiger partial charge in [0.25, 0.3) is 0 Å². The highest BCUT2D eigenvalue weighted by atomic mass is 15.1. The van der Waals surface area contributed by atoms with Crippen molar-refractivity contribution in [3.05, 3.63) is 59.7 Å². The van der Waals surface area contributed by atoms with E-state index in [9.17, 15) is 0 Å². The zero-order valence-corrected chi connectivity index (χ0v) is 12.7. The summed E-state index contributed by atoms with van der Waals surface area (Å²) in [6.45, 7) is 4.97. The van der Waals surface area contributed by atoms with Gasteiger partial charge in [0.2, 0.25) is 0 Å². The highest BCUT2D eigenvalue weighted by Crippen LogP contribution is 2.19. The Morgan fingerprint density at radius 2 is 2.00 bits per heavy atom. The summed E-state index contributed by atoms with van der Waals surface area (Å²) in [7, 11) is 2.06. The van der Waals surface area contributed by atoms with E-state index in [4.69, 9.17) is 4.98 Å². The van der Waals surface area contributed by atoms with Crippen molar-refractivity contribution in [3.8, 4) is 0 Å². The maximum Gasteiger partial charge on any atom is 0.126 e. The van der Waals surface area contributed by atoms with Crippen LogP contribution in [0.4, 0.5) is 0 Å². The molecule has 0 amide bonds. The van der Waals surface area contributed by atoms with Crippen molar-refractivity contribution < 1.29 is 0 Å². The van der Waals surface area contributed by atoms with E-state index < -0.39 is 0 Å². The molecule has 1 unspecified atom stereocenters. The van der Waals surface area contributed by atoms with Crippen LogP contribution in [-0.2, 0) is 13.6 Å². The van der Waals surface area contributed by atoms with Crippen LogP contribution in [0.25, 0.3) is 11.0 Å². The van der Waals surface area contributed by atoms with Crippen LogP contribution in [0.3, 0.4) is 0 Å². The summed E-state index contributed by atoms with van der Waals surface area (Å²) >= 11 is 0. The Morgan fingerprint density at radius 3 is 2.76 bits per heavy atom. The largest absolute Gasteiger partial charge is 0.330 e. The van der Waals surface area contributed by atoms with Crippen molar-refractivity contribution in [2.45, 2.75) is 26.4 Å². The molecule has 1 aromatic carbocycles. The molecule has 0 radical (unpaired) electrons. The van der Waals surface area contributed by atoms with Gasteiger partial charge in [-0.2, -0.15) is 0 Å². The van der Waals surface area contributed by atoms with E-state index in [-0.39, 0.29) is 6.04 Å². The first-order chi connectivity index (χ1) is 10.2. The van der Waals surface area contributed by atoms with E-state index in [1.165, 1.54) is 5.56 Å². The SMILES string of the molecule is Cc1cccnc1CNC(C)c1nc2ccccc2n1C. The van der Waals surface area contributed by atoms with E-state index >= 15 is 0 Å². The normalized spacial score (nSPS) is 12.7. The second-order valence-electron chi connectivity index (χ2n) is 5.39. The molecule has 0 saturated heterocycles. The molecule has 0 saturated carbocycles. The molecule has 21 heavy (non-hydrogen) atoms. The van der Waals surface area contributed by atoms with Gasteiger partial charge >= 0.3 is 0 Å². The monoisotopic (exact) mass is 280 g/mol. The predicted molar refractivity (Wildman–Crippen MR) is 84.9 cm³/mol. The van der Waals surface area contributed by atoms with Crippen molar-refractivity contribution in [3.63, 3.8) is 0 Å². The number of hydrogen-bond acceptors (Lipinski definition) is 3. The quantitative estimate of drug-likeness (QED) is 0.798. The summed E-state index contributed by atoms with van der Waals surface area (Å²) < 4.78 is 2.15. The van der Waals surface area contributed by atoms with E-state index in [0.29, 0.717) is 0 Å². The van der Waals surface area contributed by atoms with Crippen LogP contribution in [0.15, 0.2) is 42.6 Å². The molecule has 0 spiro atoms. The summed E-state index contributed by atoms with van der Waals surface area (Å²) in [5.74, 6) is 1.05. The zero-order valence-electron chi connectivity index (χ0n) is 12.7. The Bertz CT molecular complexity index is 760. The summed E-state index contributed by atoms with van der Waals surface area (Å²) in [4.78, 5) is 9.15. The number of nitrogens with one attached hydrogen (secondary N) is 1. The summed E-state index contributed by atoms with van der Waals surface area (Å²) in [5, 5.41) is 3.51. The lowest BCUT2D eigenvalue weighted by molar-refractivity contribution is 0.527. The Labute approximate surface area is 124 Å². The van der Waals surface area contributed by atoms with Gasteiger partial charge in [-0.3, -0.25) is 4.98 Å². The van der Waals surface area contributed by atoms with Crippen molar-refractivity contribution >= 4 is 11.0 Å². The first-order valence-corrected chi connectivity index (χ1v) is 7.22. The number of hydrogen-bond donors (Lipinski definition) is 1. The van der Waals surface area contributed by atoms with Crippen LogP contribution in [0.1, 0.15) is 30.0 Å². The van der Waals surface area contributed by atoms with Crippen LogP contribution in [-0.4, -0.2) is 14.5 Å². The molecule has 1 atom stereocenters. The molecule has 4 heteroatoms. The number of aryl methyl sites for hydroxylation is 2. The minimum absolute atomic E-state index is 0.170. The third-order valence-electron chi connectivity index (χ3n) is 3.90. The number of para-hydroxylation sites is 2. The Balaban J connectivity index is 1.80. The summed E-state index contributed by atoms with van der Waals surface area (Å²) in [6.07, 6.45) is 1.84. The molecule has 4 nitrogen and oxygen atoms in total. The van der Waals surface area contributed by atoms with Crippen LogP contribution >= 0.6 is 0 Å². The Kier molecular flexibility index (Phi) is 3.71. The average molecular weight is 280 g/mol. The minimum Gasteiger partial charge on any atom is -0.330 e. The van der Waals surface area contributed by atoms with Crippen molar-refractivity contribution in [2.75, 3.05) is 0 Å². The molecule has 3 rings (SSSR count). The second-order valence-corrected chi connectivity index (χ2v) is 5.39. The van der Waals surface area contributed by atoms with Crippen molar-refractivity contribution in [2.24, 2.45) is 7.05 Å². The molecular weight excluding hydrogens is 260 g/mol. The van der Waals surface area contributed by atoms with Gasteiger partial charge in [-0.05, 0) is 37.6 Å². The molecule has 2 aromatic heterocycles. The van der Waals surface area contributed by atoms with Crippen LogP contribution < -0.4 is 5.32 Å². The molecular formula is C17H20N4. The Morgan fingerprint density at radius 1 is 1.19 bits per heavy atom. The van der Waals surface area contributed by atoms with Gasteiger partial charge in [0.05, 0.1) is 22.8 Å². The predicted octanol–water partition coefficient (Wildman–Crippen LogP) is 3.13. The van der Waals surface area contributed by atoms with Gasteiger partial charge in [0.15, 0.2) is 0 Å². The van der Waals surface area contributed by atoms with Gasteiger partial charge in [-0.25, -0.2) is 4.98 Å². The van der Waals surface area contributed by atoms with Gasteiger partial charge < -0.3 is 9.88 Å². The van der Waals surface area contributed by atoms with E-state index in [2.05, 4.69) is 54.0 Å². The molecule has 1 N–H and O–H groups in total. The molecule has 108 valence electrons. The van der Waals surface area contributed by atoms with Gasteiger partial charge in [-0.15, -0.1) is 0 Å². The maximum absolute atomic E-state index is 4.73. The van der Waals surface area contributed by atoms with Crippen LogP contribution in [0, 0.1) is 6.92 Å². The van der Waals surface area contributed by atoms with E-state index in [0.717, 1.165) is 29.1 Å². The van der Waals surface area contributed by atoms with Crippen LogP contribution in [0.2, 0.25) is 0 Å². The van der Waals surface area contributed by atoms with Crippen molar-refractivity contribution in [1.82, 2.24) is 19.9 Å². The van der Waals surface area contributed by atoms with Gasteiger partial charge in [-0.1, -0.05) is 18.2 Å². The molecule has 2 heterocycles. The maximum atomic E-state index is 4.73. The highest BCUT2D eigenvalue weighted by molar-refractivity contribution is 5.75. The number of benzene rings is 1. The number of imidazole rings is 1. The molecule has 3 aromatic rings. The molecule has 0 bridgehead atoms. The van der Waals surface area contributed by atoms with Crippen LogP contribution in [0.5, 0.6) is 0 Å². The lowest BCUT2D eigenvalue weighted by atomic mass is 10.2. The first kappa shape index (κ1) is 13.8. The minimum atomic E-state index is 0.170. The first-order valence-electron chi connectivity index (χ1n) is 7.22. The fraction of sp³-hybridized carbons (Fsp3) is 0.294. The number of fused-ring (bicyclic) bond motifs is 1.